The maximum absolute atomic E-state index is 10.5. The number of halogens is 1. The quantitative estimate of drug-likeness (QED) is 0.797. The van der Waals surface area contributed by atoms with Crippen LogP contribution in [-0.2, 0) is 12.8 Å². The van der Waals surface area contributed by atoms with Crippen LogP contribution in [0, 0.1) is 0 Å². The zero-order valence-electron chi connectivity index (χ0n) is 16.4. The summed E-state index contributed by atoms with van der Waals surface area (Å²) in [5.41, 5.74) is 2.31. The molecule has 1 fully saturated rings. The zero-order valence-corrected chi connectivity index (χ0v) is 17.3. The van der Waals surface area contributed by atoms with E-state index in [4.69, 9.17) is 9.15 Å². The lowest BCUT2D eigenvalue weighted by atomic mass is 9.96. The largest absolute Gasteiger partial charge is 0.491 e. The smallest absolute Gasteiger partial charge is 0.134 e. The van der Waals surface area contributed by atoms with Crippen LogP contribution in [0.25, 0.3) is 11.0 Å². The van der Waals surface area contributed by atoms with Gasteiger partial charge in [-0.15, -0.1) is 12.4 Å². The number of aliphatic hydroxyl groups is 1. The fourth-order valence-corrected chi connectivity index (χ4v) is 4.65. The maximum atomic E-state index is 10.5. The molecule has 2 aliphatic rings. The van der Waals surface area contributed by atoms with Crippen LogP contribution in [0.15, 0.2) is 22.6 Å². The zero-order chi connectivity index (χ0) is 18.1. The molecule has 1 saturated heterocycles. The number of benzene rings is 1. The maximum Gasteiger partial charge on any atom is 0.134 e. The van der Waals surface area contributed by atoms with Crippen molar-refractivity contribution in [2.75, 3.05) is 13.2 Å². The van der Waals surface area contributed by atoms with Crippen LogP contribution in [0.5, 0.6) is 5.75 Å². The number of β-amino-alcohol motifs (C(OH)–C–C–N with tert-alkyl or cyclic N) is 1. The molecule has 4 rings (SSSR count). The van der Waals surface area contributed by atoms with E-state index in [1.807, 2.05) is 12.1 Å². The van der Waals surface area contributed by atoms with E-state index in [9.17, 15) is 5.11 Å². The highest BCUT2D eigenvalue weighted by Gasteiger charge is 2.26. The van der Waals surface area contributed by atoms with E-state index >= 15 is 0 Å². The molecule has 1 aromatic heterocycles. The summed E-state index contributed by atoms with van der Waals surface area (Å²) >= 11 is 0. The molecule has 150 valence electrons. The molecule has 0 saturated carbocycles. The highest BCUT2D eigenvalue weighted by atomic mass is 35.5. The van der Waals surface area contributed by atoms with Gasteiger partial charge in [-0.25, -0.2) is 0 Å². The third-order valence-electron chi connectivity index (χ3n) is 6.17. The Kier molecular flexibility index (Phi) is 6.72. The summed E-state index contributed by atoms with van der Waals surface area (Å²) < 4.78 is 11.9. The molecule has 5 heteroatoms. The van der Waals surface area contributed by atoms with Crippen LogP contribution in [0.2, 0.25) is 0 Å². The molecule has 0 bridgehead atoms. The van der Waals surface area contributed by atoms with Crippen molar-refractivity contribution < 1.29 is 14.3 Å². The molecule has 0 spiro atoms. The lowest BCUT2D eigenvalue weighted by Crippen LogP contribution is -2.48. The molecule has 4 nitrogen and oxygen atoms in total. The van der Waals surface area contributed by atoms with E-state index in [-0.39, 0.29) is 12.4 Å². The van der Waals surface area contributed by atoms with Gasteiger partial charge in [-0.1, -0.05) is 6.42 Å². The van der Waals surface area contributed by atoms with Gasteiger partial charge in [0.15, 0.2) is 0 Å². The summed E-state index contributed by atoms with van der Waals surface area (Å²) in [5, 5.41) is 11.7. The van der Waals surface area contributed by atoms with Crippen LogP contribution in [0.3, 0.4) is 0 Å². The van der Waals surface area contributed by atoms with Crippen molar-refractivity contribution in [2.45, 2.75) is 77.0 Å². The second kappa shape index (κ2) is 8.85. The van der Waals surface area contributed by atoms with E-state index in [0.717, 1.165) is 29.9 Å². The van der Waals surface area contributed by atoms with Crippen LogP contribution in [0.1, 0.15) is 57.3 Å². The summed E-state index contributed by atoms with van der Waals surface area (Å²) in [5.74, 6) is 1.97. The number of hydrogen-bond donors (Lipinski definition) is 1. The first-order chi connectivity index (χ1) is 12.6. The lowest BCUT2D eigenvalue weighted by molar-refractivity contribution is 0.0209. The van der Waals surface area contributed by atoms with E-state index in [2.05, 4.69) is 24.8 Å². The number of nitrogens with zero attached hydrogens (tertiary/aromatic N) is 1. The number of fused-ring (bicyclic) bond motifs is 3. The third kappa shape index (κ3) is 4.44. The molecule has 2 heterocycles. The third-order valence-corrected chi connectivity index (χ3v) is 6.17. The number of likely N-dealkylation sites (tertiary alicyclic amines) is 1. The normalized spacial score (nSPS) is 24.3. The summed E-state index contributed by atoms with van der Waals surface area (Å²) in [6.45, 7) is 5.55. The summed E-state index contributed by atoms with van der Waals surface area (Å²) in [4.78, 5) is 2.42. The number of aryl methyl sites for hydroxylation is 2. The van der Waals surface area contributed by atoms with E-state index < -0.39 is 6.10 Å². The molecule has 0 amide bonds. The molecule has 1 aromatic carbocycles. The number of hydrogen-bond acceptors (Lipinski definition) is 4. The minimum Gasteiger partial charge on any atom is -0.491 e. The fraction of sp³-hybridized carbons (Fsp3) is 0.636. The van der Waals surface area contributed by atoms with Crippen molar-refractivity contribution in [3.8, 4) is 5.75 Å². The van der Waals surface area contributed by atoms with Gasteiger partial charge in [0, 0.05) is 36.0 Å². The monoisotopic (exact) mass is 393 g/mol. The number of piperidine rings is 1. The van der Waals surface area contributed by atoms with Crippen molar-refractivity contribution in [1.29, 1.82) is 0 Å². The van der Waals surface area contributed by atoms with Gasteiger partial charge in [-0.3, -0.25) is 4.90 Å². The van der Waals surface area contributed by atoms with Gasteiger partial charge < -0.3 is 14.3 Å². The first-order valence-corrected chi connectivity index (χ1v) is 10.2. The number of aliphatic hydroxyl groups excluding tert-OH is 1. The van der Waals surface area contributed by atoms with Crippen LogP contribution >= 0.6 is 12.4 Å². The standard InChI is InChI=1S/C22H31NO3.ClH/c1-15-6-5-7-16(2)23(15)13-17(24)14-25-18-10-11-22-20(12-18)19-8-3-4-9-21(19)26-22;/h10-12,15-17,24H,3-9,13-14H2,1-2H3;1H. The molecule has 0 radical (unpaired) electrons. The number of ether oxygens (including phenoxy) is 1. The Morgan fingerprint density at radius 3 is 2.67 bits per heavy atom. The topological polar surface area (TPSA) is 45.8 Å². The summed E-state index contributed by atoms with van der Waals surface area (Å²) in [6, 6.07) is 7.13. The number of rotatable bonds is 5. The highest BCUT2D eigenvalue weighted by Crippen LogP contribution is 2.34. The van der Waals surface area contributed by atoms with Crippen LogP contribution in [0.4, 0.5) is 0 Å². The van der Waals surface area contributed by atoms with Gasteiger partial charge in [-0.05, 0) is 64.2 Å². The minimum atomic E-state index is -0.466. The average molecular weight is 394 g/mol. The van der Waals surface area contributed by atoms with Gasteiger partial charge in [0.1, 0.15) is 29.8 Å². The first kappa shape index (κ1) is 20.5. The minimum absolute atomic E-state index is 0. The Hall–Kier alpha value is -1.23. The summed E-state index contributed by atoms with van der Waals surface area (Å²) in [7, 11) is 0. The molecular weight excluding hydrogens is 362 g/mol. The molecule has 1 aliphatic carbocycles. The molecule has 2 aromatic rings. The van der Waals surface area contributed by atoms with E-state index in [1.165, 1.54) is 43.1 Å². The second-order valence-electron chi connectivity index (χ2n) is 8.16. The van der Waals surface area contributed by atoms with Crippen LogP contribution < -0.4 is 4.74 Å². The van der Waals surface area contributed by atoms with Crippen molar-refractivity contribution in [3.63, 3.8) is 0 Å². The highest BCUT2D eigenvalue weighted by molar-refractivity contribution is 5.85. The number of furan rings is 1. The Bertz CT molecular complexity index is 749. The summed E-state index contributed by atoms with van der Waals surface area (Å²) in [6.07, 6.45) is 7.87. The Balaban J connectivity index is 0.00000210. The molecular formula is C22H32ClNO3. The molecule has 1 aliphatic heterocycles. The molecule has 27 heavy (non-hydrogen) atoms. The first-order valence-electron chi connectivity index (χ1n) is 10.2. The SMILES string of the molecule is CC1CCCC(C)N1CC(O)COc1ccc2oc3c(c2c1)CCCC3.Cl. The van der Waals surface area contributed by atoms with Crippen molar-refractivity contribution in [1.82, 2.24) is 4.90 Å². The van der Waals surface area contributed by atoms with E-state index in [1.54, 1.807) is 0 Å². The van der Waals surface area contributed by atoms with Crippen LogP contribution in [-0.4, -0.2) is 41.3 Å². The Morgan fingerprint density at radius 1 is 1.15 bits per heavy atom. The predicted octanol–water partition coefficient (Wildman–Crippen LogP) is 4.74. The average Bonchev–Trinajstić information content (AvgIpc) is 3.01. The van der Waals surface area contributed by atoms with Gasteiger partial charge in [0.25, 0.3) is 0 Å². The second-order valence-corrected chi connectivity index (χ2v) is 8.16. The van der Waals surface area contributed by atoms with Crippen molar-refractivity contribution in [3.05, 3.63) is 29.5 Å². The molecule has 1 N–H and O–H groups in total. The molecule has 3 unspecified atom stereocenters. The van der Waals surface area contributed by atoms with Gasteiger partial charge >= 0.3 is 0 Å². The fourth-order valence-electron chi connectivity index (χ4n) is 4.65. The lowest BCUT2D eigenvalue weighted by Gasteiger charge is -2.40. The van der Waals surface area contributed by atoms with Crippen molar-refractivity contribution >= 4 is 23.4 Å². The van der Waals surface area contributed by atoms with Gasteiger partial charge in [0.05, 0.1) is 0 Å². The van der Waals surface area contributed by atoms with Gasteiger partial charge in [-0.2, -0.15) is 0 Å². The Labute approximate surface area is 168 Å². The van der Waals surface area contributed by atoms with E-state index in [0.29, 0.717) is 25.2 Å². The predicted molar refractivity (Wildman–Crippen MR) is 111 cm³/mol. The van der Waals surface area contributed by atoms with Crippen molar-refractivity contribution in [2.24, 2.45) is 0 Å². The Morgan fingerprint density at radius 2 is 1.89 bits per heavy atom. The molecule has 3 atom stereocenters. The van der Waals surface area contributed by atoms with Gasteiger partial charge in [0.2, 0.25) is 0 Å².